The number of aromatic amines is 1. The fourth-order valence-corrected chi connectivity index (χ4v) is 6.53. The number of benzene rings is 1. The summed E-state index contributed by atoms with van der Waals surface area (Å²) in [7, 11) is 4.51. The van der Waals surface area contributed by atoms with Crippen LogP contribution in [0.25, 0.3) is 10.9 Å². The summed E-state index contributed by atoms with van der Waals surface area (Å²) < 4.78 is 5.62. The second kappa shape index (κ2) is 13.1. The first-order chi connectivity index (χ1) is 19.4. The van der Waals surface area contributed by atoms with E-state index in [2.05, 4.69) is 57.2 Å². The molecule has 4 aliphatic rings. The third-order valence-corrected chi connectivity index (χ3v) is 8.92. The number of aliphatic carboxylic acids is 1. The average molecular weight is 566 g/mol. The average Bonchev–Trinajstić information content (AvgIpc) is 3.35. The molecule has 4 aliphatic heterocycles. The van der Waals surface area contributed by atoms with Crippen LogP contribution in [-0.2, 0) is 9.53 Å². The zero-order valence-electron chi connectivity index (χ0n) is 23.6. The van der Waals surface area contributed by atoms with Crippen LogP contribution in [0.4, 0.5) is 0 Å². The Bertz CT molecular complexity index is 1330. The van der Waals surface area contributed by atoms with Gasteiger partial charge in [0.2, 0.25) is 0 Å². The zero-order chi connectivity index (χ0) is 28.1. The molecule has 0 atom stereocenters. The summed E-state index contributed by atoms with van der Waals surface area (Å²) in [6.07, 6.45) is 7.53. The monoisotopic (exact) mass is 565 g/mol. The number of piperidine rings is 1. The van der Waals surface area contributed by atoms with Crippen LogP contribution in [0, 0.1) is 0 Å². The summed E-state index contributed by atoms with van der Waals surface area (Å²) in [6, 6.07) is 6.87. The van der Waals surface area contributed by atoms with Crippen LogP contribution < -0.4 is 0 Å². The highest BCUT2D eigenvalue weighted by Gasteiger charge is 2.27. The molecular weight excluding hydrogens is 526 g/mol. The maximum absolute atomic E-state index is 9.00. The number of hydrogen-bond acceptors (Lipinski definition) is 9. The van der Waals surface area contributed by atoms with E-state index < -0.39 is 5.97 Å². The van der Waals surface area contributed by atoms with Crippen LogP contribution >= 0.6 is 11.8 Å². The molecule has 11 heteroatoms. The first-order valence-electron chi connectivity index (χ1n) is 13.9. The predicted molar refractivity (Wildman–Crippen MR) is 161 cm³/mol. The van der Waals surface area contributed by atoms with Crippen LogP contribution in [0.2, 0.25) is 0 Å². The van der Waals surface area contributed by atoms with Gasteiger partial charge in [0.1, 0.15) is 5.84 Å². The number of aliphatic imine (C=N–C) groups is 2. The molecule has 2 fully saturated rings. The first kappa shape index (κ1) is 28.5. The molecule has 0 bridgehead atoms. The van der Waals surface area contributed by atoms with Gasteiger partial charge in [-0.05, 0) is 57.7 Å². The first-order valence-corrected chi connectivity index (χ1v) is 14.9. The Hall–Kier alpha value is -2.99. The van der Waals surface area contributed by atoms with E-state index in [0.717, 1.165) is 85.8 Å². The SMILES string of the molecule is CC(=O)O.CN1CCC(N(C)CC2=CC3=C(CC(N4CCOCC4)=NC(c4cccc5[nH]ncc45)=N3)SC2)CC1. The van der Waals surface area contributed by atoms with E-state index >= 15 is 0 Å². The van der Waals surface area contributed by atoms with Gasteiger partial charge in [0.05, 0.1) is 30.6 Å². The number of morpholine rings is 1. The van der Waals surface area contributed by atoms with E-state index in [0.29, 0.717) is 6.04 Å². The summed E-state index contributed by atoms with van der Waals surface area (Å²) in [5.74, 6) is 2.06. The van der Waals surface area contributed by atoms with E-state index in [-0.39, 0.29) is 0 Å². The normalized spacial score (nSPS) is 20.8. The van der Waals surface area contributed by atoms with Gasteiger partial charge in [-0.3, -0.25) is 14.8 Å². The van der Waals surface area contributed by atoms with E-state index in [9.17, 15) is 0 Å². The Labute approximate surface area is 239 Å². The number of hydrogen-bond donors (Lipinski definition) is 2. The van der Waals surface area contributed by atoms with E-state index in [1.165, 1.54) is 36.4 Å². The Morgan fingerprint density at radius 1 is 1.20 bits per heavy atom. The smallest absolute Gasteiger partial charge is 0.300 e. The topological polar surface area (TPSA) is 110 Å². The summed E-state index contributed by atoms with van der Waals surface area (Å²) >= 11 is 1.94. The van der Waals surface area contributed by atoms with Crippen molar-refractivity contribution < 1.29 is 14.6 Å². The largest absolute Gasteiger partial charge is 0.481 e. The number of allylic oxidation sites excluding steroid dienone is 1. The zero-order valence-corrected chi connectivity index (χ0v) is 24.4. The number of likely N-dealkylation sites (N-methyl/N-ethyl adjacent to an activating group) is 1. The molecule has 0 aliphatic carbocycles. The molecule has 2 N–H and O–H groups in total. The minimum Gasteiger partial charge on any atom is -0.481 e. The Kier molecular flexibility index (Phi) is 9.36. The minimum atomic E-state index is -0.833. The Balaban J connectivity index is 0.000000758. The summed E-state index contributed by atoms with van der Waals surface area (Å²) in [5.41, 5.74) is 4.54. The summed E-state index contributed by atoms with van der Waals surface area (Å²) in [5, 5.41) is 15.8. The lowest BCUT2D eigenvalue weighted by atomic mass is 10.0. The van der Waals surface area contributed by atoms with Crippen molar-refractivity contribution in [1.29, 1.82) is 0 Å². The highest BCUT2D eigenvalue weighted by molar-refractivity contribution is 8.03. The lowest BCUT2D eigenvalue weighted by Crippen LogP contribution is -2.42. The molecule has 0 radical (unpaired) electrons. The van der Waals surface area contributed by atoms with Gasteiger partial charge in [0.25, 0.3) is 5.97 Å². The van der Waals surface area contributed by atoms with Crippen molar-refractivity contribution in [1.82, 2.24) is 24.9 Å². The van der Waals surface area contributed by atoms with Gasteiger partial charge >= 0.3 is 0 Å². The number of thioether (sulfide) groups is 1. The molecule has 0 unspecified atom stereocenters. The maximum Gasteiger partial charge on any atom is 0.300 e. The molecule has 1 aromatic heterocycles. The van der Waals surface area contributed by atoms with Gasteiger partial charge in [-0.15, -0.1) is 11.8 Å². The molecule has 2 saturated heterocycles. The number of likely N-dealkylation sites (tertiary alicyclic amines) is 1. The van der Waals surface area contributed by atoms with Crippen molar-refractivity contribution >= 4 is 40.3 Å². The highest BCUT2D eigenvalue weighted by Crippen LogP contribution is 2.36. The molecule has 2 aromatic rings. The second-order valence-corrected chi connectivity index (χ2v) is 11.8. The van der Waals surface area contributed by atoms with Gasteiger partial charge in [-0.2, -0.15) is 5.10 Å². The van der Waals surface area contributed by atoms with Gasteiger partial charge in [-0.25, -0.2) is 9.98 Å². The van der Waals surface area contributed by atoms with E-state index in [1.807, 2.05) is 24.0 Å². The summed E-state index contributed by atoms with van der Waals surface area (Å²) in [6.45, 7) is 7.69. The molecule has 0 saturated carbocycles. The van der Waals surface area contributed by atoms with Crippen molar-refractivity contribution in [3.63, 3.8) is 0 Å². The number of carboxylic acid groups (broad SMARTS) is 1. The van der Waals surface area contributed by atoms with Crippen molar-refractivity contribution in [3.05, 3.63) is 52.2 Å². The number of rotatable bonds is 4. The number of nitrogens with one attached hydrogen (secondary N) is 1. The van der Waals surface area contributed by atoms with Gasteiger partial charge in [0, 0.05) is 60.6 Å². The van der Waals surface area contributed by atoms with E-state index in [4.69, 9.17) is 24.6 Å². The number of carbonyl (C=O) groups is 1. The third kappa shape index (κ3) is 7.01. The fourth-order valence-electron chi connectivity index (χ4n) is 5.51. The van der Waals surface area contributed by atoms with E-state index in [1.54, 1.807) is 0 Å². The lowest BCUT2D eigenvalue weighted by molar-refractivity contribution is -0.134. The number of nitrogens with zero attached hydrogens (tertiary/aromatic N) is 6. The summed E-state index contributed by atoms with van der Waals surface area (Å²) in [4.78, 5) is 28.1. The van der Waals surface area contributed by atoms with Crippen molar-refractivity contribution in [2.45, 2.75) is 32.2 Å². The van der Waals surface area contributed by atoms with Crippen molar-refractivity contribution in [3.8, 4) is 0 Å². The van der Waals surface area contributed by atoms with Gasteiger partial charge in [-0.1, -0.05) is 12.1 Å². The minimum absolute atomic E-state index is 0.658. The maximum atomic E-state index is 9.00. The number of ether oxygens (including phenoxy) is 1. The van der Waals surface area contributed by atoms with Crippen LogP contribution in [0.5, 0.6) is 0 Å². The number of aromatic nitrogens is 2. The number of H-pyrrole nitrogens is 1. The predicted octanol–water partition coefficient (Wildman–Crippen LogP) is 3.45. The third-order valence-electron chi connectivity index (χ3n) is 7.70. The number of fused-ring (bicyclic) bond motifs is 1. The molecular formula is C29H39N7O3S. The molecule has 5 heterocycles. The Morgan fingerprint density at radius 3 is 2.70 bits per heavy atom. The van der Waals surface area contributed by atoms with Crippen LogP contribution in [0.15, 0.2) is 56.6 Å². The fraction of sp³-hybridized carbons (Fsp3) is 0.517. The molecule has 214 valence electrons. The van der Waals surface area contributed by atoms with Crippen molar-refractivity contribution in [2.24, 2.45) is 9.98 Å². The lowest BCUT2D eigenvalue weighted by Gasteiger charge is -2.36. The highest BCUT2D eigenvalue weighted by atomic mass is 32.2. The second-order valence-electron chi connectivity index (χ2n) is 10.7. The molecule has 1 aromatic carbocycles. The van der Waals surface area contributed by atoms with Gasteiger partial charge < -0.3 is 19.6 Å². The van der Waals surface area contributed by atoms with Crippen LogP contribution in [-0.4, -0.2) is 119 Å². The Morgan fingerprint density at radius 2 is 1.95 bits per heavy atom. The molecule has 10 nitrogen and oxygen atoms in total. The number of carboxylic acids is 1. The van der Waals surface area contributed by atoms with Crippen LogP contribution in [0.1, 0.15) is 31.7 Å². The quantitative estimate of drug-likeness (QED) is 0.580. The molecule has 0 amide bonds. The van der Waals surface area contributed by atoms with Gasteiger partial charge in [0.15, 0.2) is 5.84 Å². The standard InChI is InChI=1S/C27H35N7OS.C2H4O2/c1-32-8-6-20(7-9-32)33(2)17-19-14-24-25(36-18-19)15-26(34-10-12-35-13-11-34)30-27(29-24)21-4-3-5-23-22(21)16-28-31-23;1-2(3)4/h3-5,14,16,20H,6-13,15,17-18H2,1-2H3,(H,28,31);1H3,(H,3,4). The van der Waals surface area contributed by atoms with Crippen molar-refractivity contribution in [2.75, 3.05) is 65.8 Å². The molecule has 40 heavy (non-hydrogen) atoms. The molecule has 6 rings (SSSR count). The van der Waals surface area contributed by atoms with Crippen LogP contribution in [0.3, 0.4) is 0 Å². The molecule has 0 spiro atoms. The number of amidine groups is 2.